The highest BCUT2D eigenvalue weighted by molar-refractivity contribution is 5.89. The molecule has 1 saturated heterocycles. The Bertz CT molecular complexity index is 597. The zero-order chi connectivity index (χ0) is 18.0. The zero-order valence-corrected chi connectivity index (χ0v) is 15.8. The van der Waals surface area contributed by atoms with E-state index in [2.05, 4.69) is 41.9 Å². The molecule has 0 spiro atoms. The number of carbonyl (C=O) groups excluding carboxylic acids is 1. The Morgan fingerprint density at radius 1 is 1.28 bits per heavy atom. The van der Waals surface area contributed by atoms with Gasteiger partial charge in [-0.15, -0.1) is 0 Å². The van der Waals surface area contributed by atoms with E-state index in [0.29, 0.717) is 18.1 Å². The fourth-order valence-electron chi connectivity index (χ4n) is 4.30. The van der Waals surface area contributed by atoms with Crippen molar-refractivity contribution in [2.24, 2.45) is 11.3 Å². The van der Waals surface area contributed by atoms with E-state index in [1.165, 1.54) is 18.4 Å². The summed E-state index contributed by atoms with van der Waals surface area (Å²) in [5.74, 6) is 0.643. The number of fused-ring (bicyclic) bond motifs is 1. The summed E-state index contributed by atoms with van der Waals surface area (Å²) in [6.07, 6.45) is 2.85. The standard InChI is InChI=1S/C20H31N3O2/c1-13(2)22-19(24)23-15-9-7-14(8-10-15)12-21-17-16-6-5-11-25-18(16)20(17,3)4/h7-10,13,16-18,21H,5-6,11-12H2,1-4H3,(H2,22,23,24). The molecule has 2 amide bonds. The molecule has 3 N–H and O–H groups in total. The number of anilines is 1. The van der Waals surface area contributed by atoms with Crippen LogP contribution in [0.2, 0.25) is 0 Å². The maximum absolute atomic E-state index is 11.7. The Morgan fingerprint density at radius 3 is 2.68 bits per heavy atom. The second-order valence-corrected chi connectivity index (χ2v) is 8.23. The lowest BCUT2D eigenvalue weighted by atomic mass is 9.55. The van der Waals surface area contributed by atoms with Gasteiger partial charge in [0.2, 0.25) is 0 Å². The number of carbonyl (C=O) groups is 1. The Hall–Kier alpha value is -1.59. The Morgan fingerprint density at radius 2 is 2.00 bits per heavy atom. The number of amides is 2. The van der Waals surface area contributed by atoms with Gasteiger partial charge < -0.3 is 20.7 Å². The van der Waals surface area contributed by atoms with Crippen LogP contribution in [-0.4, -0.2) is 30.8 Å². The third kappa shape index (κ3) is 3.98. The van der Waals surface area contributed by atoms with Gasteiger partial charge in [0.25, 0.3) is 0 Å². The quantitative estimate of drug-likeness (QED) is 0.765. The highest BCUT2D eigenvalue weighted by Crippen LogP contribution is 2.51. The molecule has 1 saturated carbocycles. The average Bonchev–Trinajstić information content (AvgIpc) is 2.55. The van der Waals surface area contributed by atoms with Crippen molar-refractivity contribution in [3.8, 4) is 0 Å². The minimum Gasteiger partial charge on any atom is -0.377 e. The molecule has 5 heteroatoms. The summed E-state index contributed by atoms with van der Waals surface area (Å²) >= 11 is 0. The molecular weight excluding hydrogens is 314 g/mol. The van der Waals surface area contributed by atoms with E-state index in [-0.39, 0.29) is 17.5 Å². The first-order valence-electron chi connectivity index (χ1n) is 9.39. The van der Waals surface area contributed by atoms with Crippen molar-refractivity contribution < 1.29 is 9.53 Å². The van der Waals surface area contributed by atoms with E-state index in [1.54, 1.807) is 0 Å². The number of ether oxygens (including phenoxy) is 1. The Balaban J connectivity index is 1.51. The fourth-order valence-corrected chi connectivity index (χ4v) is 4.30. The monoisotopic (exact) mass is 345 g/mol. The fraction of sp³-hybridized carbons (Fsp3) is 0.650. The van der Waals surface area contributed by atoms with Crippen LogP contribution in [0.5, 0.6) is 0 Å². The molecule has 5 nitrogen and oxygen atoms in total. The van der Waals surface area contributed by atoms with Gasteiger partial charge in [-0.2, -0.15) is 0 Å². The third-order valence-electron chi connectivity index (χ3n) is 5.49. The van der Waals surface area contributed by atoms with E-state index in [9.17, 15) is 4.79 Å². The topological polar surface area (TPSA) is 62.4 Å². The lowest BCUT2D eigenvalue weighted by Gasteiger charge is -2.60. The third-order valence-corrected chi connectivity index (χ3v) is 5.49. The lowest BCUT2D eigenvalue weighted by Crippen LogP contribution is -2.69. The molecule has 2 aliphatic rings. The molecule has 0 aromatic heterocycles. The molecule has 138 valence electrons. The molecule has 1 aliphatic carbocycles. The van der Waals surface area contributed by atoms with Gasteiger partial charge in [0, 0.05) is 42.3 Å². The van der Waals surface area contributed by atoms with Crippen LogP contribution in [0.1, 0.15) is 46.1 Å². The summed E-state index contributed by atoms with van der Waals surface area (Å²) in [6, 6.07) is 8.51. The molecule has 25 heavy (non-hydrogen) atoms. The maximum atomic E-state index is 11.7. The SMILES string of the molecule is CC(C)NC(=O)Nc1ccc(CNC2C3CCCOC3C2(C)C)cc1. The molecule has 1 aromatic rings. The van der Waals surface area contributed by atoms with E-state index in [1.807, 2.05) is 26.0 Å². The Labute approximate surface area is 150 Å². The van der Waals surface area contributed by atoms with Crippen molar-refractivity contribution >= 4 is 11.7 Å². The van der Waals surface area contributed by atoms with Crippen molar-refractivity contribution in [3.05, 3.63) is 29.8 Å². The number of nitrogens with one attached hydrogen (secondary N) is 3. The summed E-state index contributed by atoms with van der Waals surface area (Å²) < 4.78 is 5.97. The van der Waals surface area contributed by atoms with E-state index < -0.39 is 0 Å². The van der Waals surface area contributed by atoms with Crippen LogP contribution in [0.4, 0.5) is 10.5 Å². The molecule has 2 fully saturated rings. The van der Waals surface area contributed by atoms with Gasteiger partial charge in [0.15, 0.2) is 0 Å². The highest BCUT2D eigenvalue weighted by atomic mass is 16.5. The van der Waals surface area contributed by atoms with Crippen molar-refractivity contribution in [1.29, 1.82) is 0 Å². The van der Waals surface area contributed by atoms with Crippen LogP contribution in [0.15, 0.2) is 24.3 Å². The normalized spacial score (nSPS) is 27.3. The predicted octanol–water partition coefficient (Wildman–Crippen LogP) is 3.51. The summed E-state index contributed by atoms with van der Waals surface area (Å²) in [5, 5.41) is 9.40. The van der Waals surface area contributed by atoms with Gasteiger partial charge in [0.1, 0.15) is 0 Å². The Kier molecular flexibility index (Phi) is 5.35. The number of urea groups is 1. The van der Waals surface area contributed by atoms with Crippen LogP contribution >= 0.6 is 0 Å². The number of rotatable bonds is 5. The maximum Gasteiger partial charge on any atom is 0.319 e. The number of hydrogen-bond acceptors (Lipinski definition) is 3. The first-order valence-corrected chi connectivity index (χ1v) is 9.39. The van der Waals surface area contributed by atoms with Crippen LogP contribution in [-0.2, 0) is 11.3 Å². The molecule has 1 aromatic carbocycles. The summed E-state index contributed by atoms with van der Waals surface area (Å²) in [4.78, 5) is 11.7. The molecule has 3 unspecified atom stereocenters. The van der Waals surface area contributed by atoms with Crippen molar-refractivity contribution in [2.75, 3.05) is 11.9 Å². The molecule has 3 atom stereocenters. The minimum atomic E-state index is -0.166. The average molecular weight is 345 g/mol. The first kappa shape index (κ1) is 18.2. The van der Waals surface area contributed by atoms with Gasteiger partial charge >= 0.3 is 6.03 Å². The zero-order valence-electron chi connectivity index (χ0n) is 15.8. The highest BCUT2D eigenvalue weighted by Gasteiger charge is 2.57. The van der Waals surface area contributed by atoms with Crippen molar-refractivity contribution in [1.82, 2.24) is 10.6 Å². The number of benzene rings is 1. The van der Waals surface area contributed by atoms with Crippen LogP contribution in [0, 0.1) is 11.3 Å². The molecule has 3 rings (SSSR count). The summed E-state index contributed by atoms with van der Waals surface area (Å²) in [5.41, 5.74) is 2.24. The van der Waals surface area contributed by atoms with Gasteiger partial charge in [-0.05, 0) is 44.4 Å². The van der Waals surface area contributed by atoms with Gasteiger partial charge in [-0.25, -0.2) is 4.79 Å². The largest absolute Gasteiger partial charge is 0.377 e. The van der Waals surface area contributed by atoms with Gasteiger partial charge in [-0.1, -0.05) is 26.0 Å². The first-order chi connectivity index (χ1) is 11.9. The second-order valence-electron chi connectivity index (χ2n) is 8.23. The van der Waals surface area contributed by atoms with E-state index in [4.69, 9.17) is 4.74 Å². The summed E-state index contributed by atoms with van der Waals surface area (Å²) in [7, 11) is 0. The van der Waals surface area contributed by atoms with Crippen molar-refractivity contribution in [3.63, 3.8) is 0 Å². The van der Waals surface area contributed by atoms with Gasteiger partial charge in [-0.3, -0.25) is 0 Å². The predicted molar refractivity (Wildman–Crippen MR) is 101 cm³/mol. The van der Waals surface area contributed by atoms with Crippen LogP contribution in [0.25, 0.3) is 0 Å². The molecule has 1 heterocycles. The van der Waals surface area contributed by atoms with Gasteiger partial charge in [0.05, 0.1) is 6.10 Å². The molecule has 0 radical (unpaired) electrons. The smallest absolute Gasteiger partial charge is 0.319 e. The lowest BCUT2D eigenvalue weighted by molar-refractivity contribution is -0.192. The van der Waals surface area contributed by atoms with Crippen LogP contribution < -0.4 is 16.0 Å². The molecular formula is C20H31N3O2. The van der Waals surface area contributed by atoms with Crippen LogP contribution in [0.3, 0.4) is 0 Å². The molecule has 1 aliphatic heterocycles. The summed E-state index contributed by atoms with van der Waals surface area (Å²) in [6.45, 7) is 10.2. The minimum absolute atomic E-state index is 0.127. The van der Waals surface area contributed by atoms with E-state index in [0.717, 1.165) is 18.8 Å². The second kappa shape index (κ2) is 7.34. The van der Waals surface area contributed by atoms with E-state index >= 15 is 0 Å². The number of hydrogen-bond donors (Lipinski definition) is 3. The molecule has 0 bridgehead atoms. The van der Waals surface area contributed by atoms with Crippen molar-refractivity contribution in [2.45, 2.75) is 65.3 Å².